The van der Waals surface area contributed by atoms with Crippen molar-refractivity contribution in [1.82, 2.24) is 10.6 Å². The van der Waals surface area contributed by atoms with E-state index in [1.165, 1.54) is 32.1 Å². The Bertz CT molecular complexity index is 204. The van der Waals surface area contributed by atoms with Gasteiger partial charge in [0.05, 0.1) is 6.61 Å². The maximum Gasteiger partial charge on any atom is 0.250 e. The molecule has 1 fully saturated rings. The van der Waals surface area contributed by atoms with Gasteiger partial charge in [0.2, 0.25) is 5.91 Å². The number of morpholine rings is 1. The van der Waals surface area contributed by atoms with Crippen LogP contribution >= 0.6 is 0 Å². The summed E-state index contributed by atoms with van der Waals surface area (Å²) in [5.41, 5.74) is 0. The summed E-state index contributed by atoms with van der Waals surface area (Å²) in [5, 5.41) is 6.09. The zero-order valence-electron chi connectivity index (χ0n) is 11.0. The van der Waals surface area contributed by atoms with Gasteiger partial charge in [0, 0.05) is 19.6 Å². The van der Waals surface area contributed by atoms with Gasteiger partial charge < -0.3 is 15.4 Å². The van der Waals surface area contributed by atoms with Crippen LogP contribution in [-0.4, -0.2) is 38.3 Å². The summed E-state index contributed by atoms with van der Waals surface area (Å²) in [6.45, 7) is 5.13. The molecule has 1 atom stereocenters. The highest BCUT2D eigenvalue weighted by atomic mass is 16.5. The molecule has 1 unspecified atom stereocenters. The van der Waals surface area contributed by atoms with Crippen LogP contribution in [0.25, 0.3) is 0 Å². The van der Waals surface area contributed by atoms with E-state index >= 15 is 0 Å². The van der Waals surface area contributed by atoms with Gasteiger partial charge in [-0.1, -0.05) is 39.0 Å². The number of nitrogens with one attached hydrogen (secondary N) is 2. The highest BCUT2D eigenvalue weighted by Gasteiger charge is 2.20. The monoisotopic (exact) mass is 242 g/mol. The largest absolute Gasteiger partial charge is 0.366 e. The fourth-order valence-corrected chi connectivity index (χ4v) is 1.96. The van der Waals surface area contributed by atoms with E-state index in [1.54, 1.807) is 0 Å². The number of amides is 1. The molecule has 0 spiro atoms. The molecule has 0 saturated carbocycles. The fourth-order valence-electron chi connectivity index (χ4n) is 1.96. The van der Waals surface area contributed by atoms with Crippen LogP contribution in [-0.2, 0) is 9.53 Å². The van der Waals surface area contributed by atoms with Gasteiger partial charge in [-0.05, 0) is 6.42 Å². The molecule has 1 saturated heterocycles. The van der Waals surface area contributed by atoms with Crippen LogP contribution in [0.1, 0.15) is 45.4 Å². The molecule has 0 aliphatic carbocycles. The molecular formula is C13H26N2O2. The zero-order chi connectivity index (χ0) is 12.3. The van der Waals surface area contributed by atoms with Crippen LogP contribution in [0.5, 0.6) is 0 Å². The first-order valence-corrected chi connectivity index (χ1v) is 6.94. The second-order valence-electron chi connectivity index (χ2n) is 4.62. The molecule has 1 aliphatic heterocycles. The third kappa shape index (κ3) is 6.64. The van der Waals surface area contributed by atoms with Gasteiger partial charge in [-0.15, -0.1) is 0 Å². The fraction of sp³-hybridized carbons (Fsp3) is 0.923. The van der Waals surface area contributed by atoms with Crippen molar-refractivity contribution in [3.8, 4) is 0 Å². The SMILES string of the molecule is CCCCCCCCNC(=O)C1CNCCO1. The Morgan fingerprint density at radius 1 is 1.29 bits per heavy atom. The minimum Gasteiger partial charge on any atom is -0.366 e. The van der Waals surface area contributed by atoms with Gasteiger partial charge in [0.1, 0.15) is 6.10 Å². The molecule has 1 heterocycles. The lowest BCUT2D eigenvalue weighted by Gasteiger charge is -2.22. The lowest BCUT2D eigenvalue weighted by Crippen LogP contribution is -2.48. The van der Waals surface area contributed by atoms with Crippen molar-refractivity contribution in [3.63, 3.8) is 0 Å². The molecule has 0 bridgehead atoms. The molecule has 4 heteroatoms. The summed E-state index contributed by atoms with van der Waals surface area (Å²) < 4.78 is 5.38. The third-order valence-corrected chi connectivity index (χ3v) is 3.05. The second kappa shape index (κ2) is 9.42. The molecule has 1 rings (SSSR count). The van der Waals surface area contributed by atoms with Crippen molar-refractivity contribution < 1.29 is 9.53 Å². The number of hydrogen-bond donors (Lipinski definition) is 2. The molecule has 0 aromatic heterocycles. The first-order chi connectivity index (χ1) is 8.34. The second-order valence-corrected chi connectivity index (χ2v) is 4.62. The summed E-state index contributed by atoms with van der Waals surface area (Å²) in [7, 11) is 0. The first-order valence-electron chi connectivity index (χ1n) is 6.94. The number of carbonyl (C=O) groups is 1. The van der Waals surface area contributed by atoms with E-state index in [4.69, 9.17) is 4.74 Å². The Balaban J connectivity index is 1.92. The standard InChI is InChI=1S/C13H26N2O2/c1-2-3-4-5-6-7-8-15-13(16)12-11-14-9-10-17-12/h12,14H,2-11H2,1H3,(H,15,16). The van der Waals surface area contributed by atoms with Gasteiger partial charge >= 0.3 is 0 Å². The number of hydrogen-bond acceptors (Lipinski definition) is 3. The van der Waals surface area contributed by atoms with E-state index in [2.05, 4.69) is 17.6 Å². The highest BCUT2D eigenvalue weighted by molar-refractivity contribution is 5.81. The summed E-state index contributed by atoms with van der Waals surface area (Å²) in [6, 6.07) is 0. The van der Waals surface area contributed by atoms with Gasteiger partial charge in [-0.25, -0.2) is 0 Å². The summed E-state index contributed by atoms with van der Waals surface area (Å²) in [6.07, 6.45) is 7.21. The van der Waals surface area contributed by atoms with Crippen molar-refractivity contribution in [3.05, 3.63) is 0 Å². The molecule has 100 valence electrons. The number of rotatable bonds is 8. The molecule has 4 nitrogen and oxygen atoms in total. The van der Waals surface area contributed by atoms with Gasteiger partial charge in [-0.3, -0.25) is 4.79 Å². The zero-order valence-corrected chi connectivity index (χ0v) is 11.0. The number of carbonyl (C=O) groups excluding carboxylic acids is 1. The molecule has 0 radical (unpaired) electrons. The average molecular weight is 242 g/mol. The average Bonchev–Trinajstić information content (AvgIpc) is 2.38. The van der Waals surface area contributed by atoms with Crippen LogP contribution in [0.3, 0.4) is 0 Å². The number of unbranched alkanes of at least 4 members (excludes halogenated alkanes) is 5. The molecule has 17 heavy (non-hydrogen) atoms. The predicted molar refractivity (Wildman–Crippen MR) is 69.0 cm³/mol. The Morgan fingerprint density at radius 2 is 2.06 bits per heavy atom. The van der Waals surface area contributed by atoms with Crippen LogP contribution in [0.2, 0.25) is 0 Å². The van der Waals surface area contributed by atoms with Gasteiger partial charge in [-0.2, -0.15) is 0 Å². The summed E-state index contributed by atoms with van der Waals surface area (Å²) >= 11 is 0. The van der Waals surface area contributed by atoms with Crippen LogP contribution in [0, 0.1) is 0 Å². The Labute approximate surface area is 104 Å². The first kappa shape index (κ1) is 14.5. The Morgan fingerprint density at radius 3 is 2.76 bits per heavy atom. The van der Waals surface area contributed by atoms with Crippen molar-refractivity contribution >= 4 is 5.91 Å². The lowest BCUT2D eigenvalue weighted by molar-refractivity contribution is -0.134. The van der Waals surface area contributed by atoms with E-state index in [9.17, 15) is 4.79 Å². The summed E-state index contributed by atoms with van der Waals surface area (Å²) in [5.74, 6) is 0.0331. The molecule has 0 aromatic rings. The molecule has 1 aliphatic rings. The number of ether oxygens (including phenoxy) is 1. The molecule has 0 aromatic carbocycles. The Hall–Kier alpha value is -0.610. The van der Waals surface area contributed by atoms with Crippen LogP contribution < -0.4 is 10.6 Å². The van der Waals surface area contributed by atoms with Gasteiger partial charge in [0.25, 0.3) is 0 Å². The predicted octanol–water partition coefficient (Wildman–Crippen LogP) is 1.45. The normalized spacial score (nSPS) is 20.2. The van der Waals surface area contributed by atoms with Gasteiger partial charge in [0.15, 0.2) is 0 Å². The highest BCUT2D eigenvalue weighted by Crippen LogP contribution is 2.04. The minimum absolute atomic E-state index is 0.0331. The van der Waals surface area contributed by atoms with E-state index in [0.29, 0.717) is 13.2 Å². The third-order valence-electron chi connectivity index (χ3n) is 3.05. The molecule has 2 N–H and O–H groups in total. The quantitative estimate of drug-likeness (QED) is 0.633. The van der Waals surface area contributed by atoms with Crippen LogP contribution in [0.4, 0.5) is 0 Å². The lowest BCUT2D eigenvalue weighted by atomic mass is 10.1. The van der Waals surface area contributed by atoms with Crippen molar-refractivity contribution in [1.29, 1.82) is 0 Å². The van der Waals surface area contributed by atoms with Crippen molar-refractivity contribution in [2.45, 2.75) is 51.6 Å². The van der Waals surface area contributed by atoms with E-state index in [1.807, 2.05) is 0 Å². The Kier molecular flexibility index (Phi) is 8.01. The van der Waals surface area contributed by atoms with E-state index in [0.717, 1.165) is 19.5 Å². The van der Waals surface area contributed by atoms with E-state index in [-0.39, 0.29) is 12.0 Å². The molecular weight excluding hydrogens is 216 g/mol. The van der Waals surface area contributed by atoms with Crippen molar-refractivity contribution in [2.24, 2.45) is 0 Å². The minimum atomic E-state index is -0.288. The maximum atomic E-state index is 11.7. The van der Waals surface area contributed by atoms with Crippen LogP contribution in [0.15, 0.2) is 0 Å². The smallest absolute Gasteiger partial charge is 0.250 e. The topological polar surface area (TPSA) is 50.4 Å². The van der Waals surface area contributed by atoms with Crippen molar-refractivity contribution in [2.75, 3.05) is 26.2 Å². The molecule has 1 amide bonds. The maximum absolute atomic E-state index is 11.7. The van der Waals surface area contributed by atoms with E-state index < -0.39 is 0 Å². The summed E-state index contributed by atoms with van der Waals surface area (Å²) in [4.78, 5) is 11.7.